The number of aryl methyl sites for hydroxylation is 1. The summed E-state index contributed by atoms with van der Waals surface area (Å²) in [4.78, 5) is 41.6. The second-order valence-electron chi connectivity index (χ2n) is 10.5. The summed E-state index contributed by atoms with van der Waals surface area (Å²) in [5, 5.41) is 15.3. The molecule has 0 saturated carbocycles. The Morgan fingerprint density at radius 2 is 1.51 bits per heavy atom. The molecule has 0 aromatic heterocycles. The van der Waals surface area contributed by atoms with E-state index in [1.807, 2.05) is 61.5 Å². The Kier molecular flexibility index (Phi) is 9.71. The van der Waals surface area contributed by atoms with Gasteiger partial charge in [-0.15, -0.1) is 0 Å². The average Bonchev–Trinajstić information content (AvgIpc) is 2.88. The van der Waals surface area contributed by atoms with E-state index in [0.29, 0.717) is 12.1 Å². The minimum Gasteiger partial charge on any atom is -0.508 e. The van der Waals surface area contributed by atoms with E-state index in [0.717, 1.165) is 16.7 Å². The number of aromatic hydroxyl groups is 1. The molecule has 3 aromatic carbocycles. The van der Waals surface area contributed by atoms with E-state index in [1.54, 1.807) is 40.0 Å². The van der Waals surface area contributed by atoms with Gasteiger partial charge < -0.3 is 25.4 Å². The molecule has 3 N–H and O–H groups in total. The molecule has 0 saturated heterocycles. The number of amides is 3. The van der Waals surface area contributed by atoms with Crippen molar-refractivity contribution in [1.82, 2.24) is 15.5 Å². The molecule has 3 aromatic rings. The molecule has 0 radical (unpaired) electrons. The zero-order valence-electron chi connectivity index (χ0n) is 23.1. The molecule has 0 aliphatic heterocycles. The molecular formula is C31H37N3O5. The van der Waals surface area contributed by atoms with E-state index in [1.165, 1.54) is 17.0 Å². The van der Waals surface area contributed by atoms with Crippen LogP contribution in [-0.2, 0) is 27.3 Å². The Morgan fingerprint density at radius 1 is 0.897 bits per heavy atom. The van der Waals surface area contributed by atoms with Gasteiger partial charge in [0.25, 0.3) is 0 Å². The molecule has 2 atom stereocenters. The highest BCUT2D eigenvalue weighted by Crippen LogP contribution is 2.25. The van der Waals surface area contributed by atoms with Crippen LogP contribution < -0.4 is 10.6 Å². The first-order valence-corrected chi connectivity index (χ1v) is 12.9. The van der Waals surface area contributed by atoms with Crippen molar-refractivity contribution in [3.8, 4) is 5.75 Å². The van der Waals surface area contributed by atoms with Gasteiger partial charge in [-0.05, 0) is 62.1 Å². The van der Waals surface area contributed by atoms with Gasteiger partial charge in [-0.3, -0.25) is 9.59 Å². The molecule has 8 nitrogen and oxygen atoms in total. The lowest BCUT2D eigenvalue weighted by molar-refractivity contribution is -0.140. The van der Waals surface area contributed by atoms with Gasteiger partial charge in [0.1, 0.15) is 23.4 Å². The number of nitrogens with zero attached hydrogens (tertiary/aromatic N) is 1. The van der Waals surface area contributed by atoms with Crippen molar-refractivity contribution < 1.29 is 24.2 Å². The van der Waals surface area contributed by atoms with Gasteiger partial charge in [0.05, 0.1) is 0 Å². The van der Waals surface area contributed by atoms with E-state index in [9.17, 15) is 19.5 Å². The Bertz CT molecular complexity index is 1270. The summed E-state index contributed by atoms with van der Waals surface area (Å²) in [7, 11) is 1.56. The van der Waals surface area contributed by atoms with Gasteiger partial charge in [-0.1, -0.05) is 66.7 Å². The summed E-state index contributed by atoms with van der Waals surface area (Å²) >= 11 is 0. The minimum absolute atomic E-state index is 0.0913. The van der Waals surface area contributed by atoms with Crippen molar-refractivity contribution >= 4 is 17.9 Å². The summed E-state index contributed by atoms with van der Waals surface area (Å²) in [5.41, 5.74) is 2.42. The first-order chi connectivity index (χ1) is 18.4. The van der Waals surface area contributed by atoms with Crippen molar-refractivity contribution in [1.29, 1.82) is 0 Å². The van der Waals surface area contributed by atoms with Crippen LogP contribution in [0.3, 0.4) is 0 Å². The predicted molar refractivity (Wildman–Crippen MR) is 150 cm³/mol. The number of phenols is 1. The Hall–Kier alpha value is -4.33. The summed E-state index contributed by atoms with van der Waals surface area (Å²) in [5.74, 6) is -0.713. The largest absolute Gasteiger partial charge is 0.508 e. The fourth-order valence-electron chi connectivity index (χ4n) is 4.19. The Morgan fingerprint density at radius 3 is 2.13 bits per heavy atom. The Balaban J connectivity index is 1.91. The molecule has 2 unspecified atom stereocenters. The van der Waals surface area contributed by atoms with Gasteiger partial charge in [0.2, 0.25) is 11.8 Å². The molecule has 0 fully saturated rings. The van der Waals surface area contributed by atoms with Gasteiger partial charge in [0.15, 0.2) is 0 Å². The molecule has 3 rings (SSSR count). The van der Waals surface area contributed by atoms with Crippen LogP contribution >= 0.6 is 0 Å². The third-order valence-corrected chi connectivity index (χ3v) is 6.14. The highest BCUT2D eigenvalue weighted by molar-refractivity contribution is 5.92. The third kappa shape index (κ3) is 8.60. The van der Waals surface area contributed by atoms with E-state index >= 15 is 0 Å². The first kappa shape index (κ1) is 29.2. The minimum atomic E-state index is -1.03. The summed E-state index contributed by atoms with van der Waals surface area (Å²) in [6.45, 7) is 7.40. The SMILES string of the molecule is Cc1ccccc1C(C(=O)NCc1ccccc1)N(C)C(=O)C(Cc1ccc(O)cc1)NC(=O)OC(C)(C)C. The quantitative estimate of drug-likeness (QED) is 0.373. The van der Waals surface area contributed by atoms with Crippen LogP contribution in [-0.4, -0.2) is 46.6 Å². The lowest BCUT2D eigenvalue weighted by Crippen LogP contribution is -2.52. The second-order valence-corrected chi connectivity index (χ2v) is 10.5. The molecule has 39 heavy (non-hydrogen) atoms. The van der Waals surface area contributed by atoms with E-state index in [2.05, 4.69) is 10.6 Å². The smallest absolute Gasteiger partial charge is 0.408 e. The highest BCUT2D eigenvalue weighted by Gasteiger charge is 2.34. The number of rotatable bonds is 9. The van der Waals surface area contributed by atoms with Crippen molar-refractivity contribution in [2.45, 2.75) is 58.3 Å². The number of hydrogen-bond acceptors (Lipinski definition) is 5. The molecule has 8 heteroatoms. The third-order valence-electron chi connectivity index (χ3n) is 6.14. The van der Waals surface area contributed by atoms with Gasteiger partial charge in [-0.2, -0.15) is 0 Å². The van der Waals surface area contributed by atoms with Crippen LogP contribution in [0.1, 0.15) is 49.1 Å². The summed E-state index contributed by atoms with van der Waals surface area (Å²) in [6, 6.07) is 21.3. The van der Waals surface area contributed by atoms with Crippen molar-refractivity contribution in [3.05, 3.63) is 101 Å². The van der Waals surface area contributed by atoms with Crippen molar-refractivity contribution in [2.24, 2.45) is 0 Å². The van der Waals surface area contributed by atoms with E-state index in [4.69, 9.17) is 4.74 Å². The number of ether oxygens (including phenoxy) is 1. The summed E-state index contributed by atoms with van der Waals surface area (Å²) in [6.07, 6.45) is -0.608. The van der Waals surface area contributed by atoms with E-state index < -0.39 is 29.7 Å². The maximum Gasteiger partial charge on any atom is 0.408 e. The predicted octanol–water partition coefficient (Wildman–Crippen LogP) is 4.65. The van der Waals surface area contributed by atoms with Crippen molar-refractivity contribution in [2.75, 3.05) is 7.05 Å². The second kappa shape index (κ2) is 13.0. The summed E-state index contributed by atoms with van der Waals surface area (Å²) < 4.78 is 5.41. The fourth-order valence-corrected chi connectivity index (χ4v) is 4.19. The topological polar surface area (TPSA) is 108 Å². The van der Waals surface area contributed by atoms with Crippen LogP contribution in [0.15, 0.2) is 78.9 Å². The standard InChI is InChI=1S/C31H37N3O5/c1-21-11-9-10-14-25(21)27(28(36)32-20-23-12-7-6-8-13-23)34(5)29(37)26(33-30(38)39-31(2,3)4)19-22-15-17-24(35)18-16-22/h6-18,26-27,35H,19-20H2,1-5H3,(H,32,36)(H,33,38). The van der Waals surface area contributed by atoms with Crippen LogP contribution in [0.5, 0.6) is 5.75 Å². The zero-order valence-corrected chi connectivity index (χ0v) is 23.1. The van der Waals surface area contributed by atoms with Gasteiger partial charge in [0, 0.05) is 20.0 Å². The molecule has 0 bridgehead atoms. The van der Waals surface area contributed by atoms with Crippen LogP contribution in [0.2, 0.25) is 0 Å². The highest BCUT2D eigenvalue weighted by atomic mass is 16.6. The fraction of sp³-hybridized carbons (Fsp3) is 0.323. The maximum atomic E-state index is 13.9. The zero-order chi connectivity index (χ0) is 28.6. The molecule has 0 heterocycles. The average molecular weight is 532 g/mol. The van der Waals surface area contributed by atoms with E-state index in [-0.39, 0.29) is 18.1 Å². The maximum absolute atomic E-state index is 13.9. The lowest BCUT2D eigenvalue weighted by Gasteiger charge is -2.32. The Labute approximate surface area is 230 Å². The van der Waals surface area contributed by atoms with Crippen LogP contribution in [0, 0.1) is 6.92 Å². The number of likely N-dealkylation sites (N-methyl/N-ethyl adjacent to an activating group) is 1. The van der Waals surface area contributed by atoms with Crippen LogP contribution in [0.25, 0.3) is 0 Å². The number of nitrogens with one attached hydrogen (secondary N) is 2. The number of benzene rings is 3. The number of carbonyl (C=O) groups is 3. The number of hydrogen-bond donors (Lipinski definition) is 3. The monoisotopic (exact) mass is 531 g/mol. The van der Waals surface area contributed by atoms with Crippen LogP contribution in [0.4, 0.5) is 4.79 Å². The molecule has 206 valence electrons. The van der Waals surface area contributed by atoms with Crippen molar-refractivity contribution in [3.63, 3.8) is 0 Å². The number of phenolic OH excluding ortho intramolecular Hbond substituents is 1. The molecule has 0 spiro atoms. The normalized spacial score (nSPS) is 12.6. The molecule has 0 aliphatic carbocycles. The molecule has 3 amide bonds. The lowest BCUT2D eigenvalue weighted by atomic mass is 9.97. The number of alkyl carbamates (subject to hydrolysis) is 1. The van der Waals surface area contributed by atoms with Gasteiger partial charge >= 0.3 is 6.09 Å². The first-order valence-electron chi connectivity index (χ1n) is 12.9. The van der Waals surface area contributed by atoms with Gasteiger partial charge in [-0.25, -0.2) is 4.79 Å². The number of carbonyl (C=O) groups excluding carboxylic acids is 3. The molecular weight excluding hydrogens is 494 g/mol. The molecule has 0 aliphatic rings.